The van der Waals surface area contributed by atoms with Crippen LogP contribution in [0.15, 0.2) is 0 Å². The number of aliphatic carboxylic acids is 1. The van der Waals surface area contributed by atoms with E-state index in [1.54, 1.807) is 0 Å². The largest absolute Gasteiger partial charge is 0.480 e. The van der Waals surface area contributed by atoms with Gasteiger partial charge in [-0.15, -0.1) is 0 Å². The zero-order valence-electron chi connectivity index (χ0n) is 10.1. The van der Waals surface area contributed by atoms with E-state index in [2.05, 4.69) is 18.7 Å². The van der Waals surface area contributed by atoms with Crippen molar-refractivity contribution in [3.05, 3.63) is 0 Å². The number of nitrogens with zero attached hydrogens (tertiary/aromatic N) is 1. The van der Waals surface area contributed by atoms with Crippen LogP contribution in [-0.4, -0.2) is 34.1 Å². The van der Waals surface area contributed by atoms with Crippen molar-refractivity contribution in [1.29, 1.82) is 0 Å². The Kier molecular flexibility index (Phi) is 4.14. The fourth-order valence-corrected chi connectivity index (χ4v) is 2.32. The quantitative estimate of drug-likeness (QED) is 0.706. The Morgan fingerprint density at radius 1 is 1.40 bits per heavy atom. The van der Waals surface area contributed by atoms with E-state index in [-0.39, 0.29) is 0 Å². The first-order valence-corrected chi connectivity index (χ1v) is 6.06. The fraction of sp³-hybridized carbons (Fsp3) is 0.917. The van der Waals surface area contributed by atoms with Crippen LogP contribution in [0.4, 0.5) is 0 Å². The Balaban J connectivity index is 2.77. The first kappa shape index (κ1) is 12.5. The molecule has 0 radical (unpaired) electrons. The van der Waals surface area contributed by atoms with Crippen molar-refractivity contribution in [2.24, 2.45) is 0 Å². The summed E-state index contributed by atoms with van der Waals surface area (Å²) in [6, 6.07) is 0.526. The molecule has 1 saturated carbocycles. The average molecular weight is 213 g/mol. The predicted molar refractivity (Wildman–Crippen MR) is 61.0 cm³/mol. The molecule has 1 aliphatic rings. The van der Waals surface area contributed by atoms with Gasteiger partial charge in [-0.3, -0.25) is 9.69 Å². The number of hydrogen-bond acceptors (Lipinski definition) is 2. The number of rotatable bonds is 7. The van der Waals surface area contributed by atoms with Gasteiger partial charge in [0.1, 0.15) is 5.54 Å². The van der Waals surface area contributed by atoms with Crippen molar-refractivity contribution < 1.29 is 9.90 Å². The summed E-state index contributed by atoms with van der Waals surface area (Å²) in [7, 11) is 0. The Labute approximate surface area is 92.5 Å². The van der Waals surface area contributed by atoms with Gasteiger partial charge >= 0.3 is 5.97 Å². The molecule has 15 heavy (non-hydrogen) atoms. The van der Waals surface area contributed by atoms with E-state index >= 15 is 0 Å². The van der Waals surface area contributed by atoms with Gasteiger partial charge in [0.05, 0.1) is 0 Å². The van der Waals surface area contributed by atoms with E-state index in [4.69, 9.17) is 0 Å². The number of hydrogen-bond donors (Lipinski definition) is 1. The summed E-state index contributed by atoms with van der Waals surface area (Å²) >= 11 is 0. The molecule has 0 heterocycles. The summed E-state index contributed by atoms with van der Waals surface area (Å²) < 4.78 is 0. The van der Waals surface area contributed by atoms with Crippen LogP contribution in [0.2, 0.25) is 0 Å². The van der Waals surface area contributed by atoms with Crippen LogP contribution in [-0.2, 0) is 4.79 Å². The summed E-state index contributed by atoms with van der Waals surface area (Å²) in [6.45, 7) is 6.96. The third-order valence-corrected chi connectivity index (χ3v) is 3.28. The van der Waals surface area contributed by atoms with Gasteiger partial charge < -0.3 is 5.11 Å². The summed E-state index contributed by atoms with van der Waals surface area (Å²) in [5.74, 6) is -0.662. The molecule has 0 aliphatic heterocycles. The molecule has 0 aromatic rings. The minimum atomic E-state index is -0.662. The van der Waals surface area contributed by atoms with Crippen molar-refractivity contribution in [1.82, 2.24) is 4.90 Å². The lowest BCUT2D eigenvalue weighted by molar-refractivity contribution is -0.151. The van der Waals surface area contributed by atoms with Gasteiger partial charge in [-0.1, -0.05) is 20.3 Å². The molecular weight excluding hydrogens is 190 g/mol. The fourth-order valence-electron chi connectivity index (χ4n) is 2.32. The molecular formula is C12H23NO2. The molecule has 0 saturated heterocycles. The topological polar surface area (TPSA) is 40.5 Å². The standard InChI is InChI=1S/C12H23NO2/c1-4-8-12(3,11(14)15)13(9-5-2)10-6-7-10/h10H,4-9H2,1-3H3,(H,14,15). The minimum Gasteiger partial charge on any atom is -0.480 e. The highest BCUT2D eigenvalue weighted by atomic mass is 16.4. The highest BCUT2D eigenvalue weighted by molar-refractivity contribution is 5.78. The van der Waals surface area contributed by atoms with Crippen LogP contribution in [0, 0.1) is 0 Å². The van der Waals surface area contributed by atoms with Crippen LogP contribution < -0.4 is 0 Å². The number of carboxylic acid groups (broad SMARTS) is 1. The average Bonchev–Trinajstić information content (AvgIpc) is 2.97. The molecule has 1 aliphatic carbocycles. The lowest BCUT2D eigenvalue weighted by Gasteiger charge is -2.38. The molecule has 0 spiro atoms. The van der Waals surface area contributed by atoms with E-state index in [0.717, 1.165) is 25.8 Å². The maximum Gasteiger partial charge on any atom is 0.323 e. The molecule has 1 rings (SSSR count). The van der Waals surface area contributed by atoms with Gasteiger partial charge in [0.2, 0.25) is 0 Å². The molecule has 1 atom stereocenters. The highest BCUT2D eigenvalue weighted by Crippen LogP contribution is 2.35. The molecule has 1 N–H and O–H groups in total. The smallest absolute Gasteiger partial charge is 0.323 e. The van der Waals surface area contributed by atoms with E-state index in [9.17, 15) is 9.90 Å². The van der Waals surface area contributed by atoms with Crippen LogP contribution >= 0.6 is 0 Å². The Bertz CT molecular complexity index is 226. The predicted octanol–water partition coefficient (Wildman–Crippen LogP) is 2.50. The van der Waals surface area contributed by atoms with Crippen molar-refractivity contribution >= 4 is 5.97 Å². The Hall–Kier alpha value is -0.570. The second-order valence-corrected chi connectivity index (χ2v) is 4.75. The van der Waals surface area contributed by atoms with E-state index < -0.39 is 11.5 Å². The molecule has 3 nitrogen and oxygen atoms in total. The molecule has 0 aromatic carbocycles. The van der Waals surface area contributed by atoms with Gasteiger partial charge in [-0.2, -0.15) is 0 Å². The zero-order chi connectivity index (χ0) is 11.5. The third kappa shape index (κ3) is 2.71. The maximum absolute atomic E-state index is 11.4. The molecule has 1 fully saturated rings. The summed E-state index contributed by atoms with van der Waals surface area (Å²) in [5, 5.41) is 9.40. The van der Waals surface area contributed by atoms with Gasteiger partial charge in [-0.25, -0.2) is 0 Å². The van der Waals surface area contributed by atoms with Crippen LogP contribution in [0.5, 0.6) is 0 Å². The second kappa shape index (κ2) is 4.97. The van der Waals surface area contributed by atoms with Crippen molar-refractivity contribution in [3.63, 3.8) is 0 Å². The maximum atomic E-state index is 11.4. The van der Waals surface area contributed by atoms with E-state index in [0.29, 0.717) is 6.04 Å². The SMILES string of the molecule is CCCN(C1CC1)C(C)(CCC)C(=O)O. The van der Waals surface area contributed by atoms with Crippen LogP contribution in [0.25, 0.3) is 0 Å². The van der Waals surface area contributed by atoms with Gasteiger partial charge in [0.25, 0.3) is 0 Å². The molecule has 1 unspecified atom stereocenters. The van der Waals surface area contributed by atoms with E-state index in [1.165, 1.54) is 12.8 Å². The van der Waals surface area contributed by atoms with E-state index in [1.807, 2.05) is 6.92 Å². The Morgan fingerprint density at radius 2 is 2.00 bits per heavy atom. The van der Waals surface area contributed by atoms with Gasteiger partial charge in [-0.05, 0) is 39.2 Å². The highest BCUT2D eigenvalue weighted by Gasteiger charge is 2.45. The first-order chi connectivity index (χ1) is 7.06. The minimum absolute atomic E-state index is 0.526. The Morgan fingerprint density at radius 3 is 2.33 bits per heavy atom. The van der Waals surface area contributed by atoms with Crippen molar-refractivity contribution in [2.75, 3.05) is 6.54 Å². The lowest BCUT2D eigenvalue weighted by Crippen LogP contribution is -2.53. The molecule has 0 bridgehead atoms. The monoisotopic (exact) mass is 213 g/mol. The van der Waals surface area contributed by atoms with Crippen molar-refractivity contribution in [2.45, 2.75) is 64.5 Å². The summed E-state index contributed by atoms with van der Waals surface area (Å²) in [5.41, 5.74) is -0.647. The number of carbonyl (C=O) groups is 1. The van der Waals surface area contributed by atoms with Crippen LogP contribution in [0.3, 0.4) is 0 Å². The first-order valence-electron chi connectivity index (χ1n) is 6.06. The summed E-state index contributed by atoms with van der Waals surface area (Å²) in [6.07, 6.45) is 5.05. The summed E-state index contributed by atoms with van der Waals surface area (Å²) in [4.78, 5) is 13.6. The van der Waals surface area contributed by atoms with Crippen molar-refractivity contribution in [3.8, 4) is 0 Å². The number of carboxylic acids is 1. The normalized spacial score (nSPS) is 20.3. The van der Waals surface area contributed by atoms with Gasteiger partial charge in [0, 0.05) is 6.04 Å². The second-order valence-electron chi connectivity index (χ2n) is 4.75. The molecule has 0 amide bonds. The van der Waals surface area contributed by atoms with Crippen LogP contribution in [0.1, 0.15) is 52.9 Å². The third-order valence-electron chi connectivity index (χ3n) is 3.28. The molecule has 88 valence electrons. The lowest BCUT2D eigenvalue weighted by atomic mass is 9.93. The zero-order valence-corrected chi connectivity index (χ0v) is 10.1. The van der Waals surface area contributed by atoms with Gasteiger partial charge in [0.15, 0.2) is 0 Å². The molecule has 0 aromatic heterocycles. The molecule has 3 heteroatoms.